The summed E-state index contributed by atoms with van der Waals surface area (Å²) < 4.78 is 0. The van der Waals surface area contributed by atoms with Crippen molar-refractivity contribution in [2.45, 2.75) is 12.8 Å². The van der Waals surface area contributed by atoms with Gasteiger partial charge in [-0.1, -0.05) is 0 Å². The van der Waals surface area contributed by atoms with Crippen LogP contribution in [0.4, 0.5) is 0 Å². The fourth-order valence-electron chi connectivity index (χ4n) is 0.565. The van der Waals surface area contributed by atoms with E-state index in [1.807, 2.05) is 0 Å². The number of nitrogens with two attached hydrogens (primary N) is 1. The zero-order valence-electron chi connectivity index (χ0n) is 5.82. The lowest BCUT2D eigenvalue weighted by Crippen LogP contribution is -2.20. The Bertz CT molecular complexity index is 41.6. The lowest BCUT2D eigenvalue weighted by Gasteiger charge is -1.99. The second-order valence-corrected chi connectivity index (χ2v) is 2.00. The molecule has 0 fully saturated rings. The molecule has 3 nitrogen and oxygen atoms in total. The molecule has 0 spiro atoms. The summed E-state index contributed by atoms with van der Waals surface area (Å²) in [4.78, 5) is 0. The van der Waals surface area contributed by atoms with Gasteiger partial charge in [-0.25, -0.2) is 0 Å². The summed E-state index contributed by atoms with van der Waals surface area (Å²) in [5, 5.41) is 3.19. The maximum absolute atomic E-state index is 6.82. The second kappa shape index (κ2) is 7.88. The number of hydrogen-bond donors (Lipinski definition) is 2. The molecule has 4 N–H and O–H groups in total. The summed E-state index contributed by atoms with van der Waals surface area (Å²) in [6.07, 6.45) is 1.99. The summed E-state index contributed by atoms with van der Waals surface area (Å²) >= 11 is 0. The molecule has 0 aromatic rings. The van der Waals surface area contributed by atoms with Gasteiger partial charge in [0.1, 0.15) is 0 Å². The van der Waals surface area contributed by atoms with Crippen molar-refractivity contribution < 1.29 is 0 Å². The van der Waals surface area contributed by atoms with Crippen LogP contribution in [-0.4, -0.2) is 26.2 Å². The molecule has 0 saturated heterocycles. The van der Waals surface area contributed by atoms with E-state index in [0.29, 0.717) is 6.54 Å². The van der Waals surface area contributed by atoms with Gasteiger partial charge in [-0.3, -0.25) is 5.73 Å². The van der Waals surface area contributed by atoms with Crippen molar-refractivity contribution in [3.8, 4) is 0 Å². The van der Waals surface area contributed by atoms with Crippen LogP contribution in [-0.2, 0) is 0 Å². The van der Waals surface area contributed by atoms with Crippen LogP contribution in [0.15, 0.2) is 0 Å². The van der Waals surface area contributed by atoms with Gasteiger partial charge in [0.2, 0.25) is 0 Å². The first-order chi connectivity index (χ1) is 4.41. The molecular weight excluding hydrogens is 114 g/mol. The molecule has 0 heterocycles. The molecule has 9 heavy (non-hydrogen) atoms. The molecule has 0 saturated carbocycles. The van der Waals surface area contributed by atoms with Gasteiger partial charge >= 0.3 is 0 Å². The van der Waals surface area contributed by atoms with Crippen LogP contribution < -0.4 is 16.8 Å². The third kappa shape index (κ3) is 7.88. The van der Waals surface area contributed by atoms with E-state index in [1.165, 1.54) is 0 Å². The summed E-state index contributed by atoms with van der Waals surface area (Å²) in [7, 11) is 0. The van der Waals surface area contributed by atoms with Crippen molar-refractivity contribution in [1.29, 1.82) is 0 Å². The summed E-state index contributed by atoms with van der Waals surface area (Å²) in [5.41, 5.74) is 12.1. The second-order valence-electron chi connectivity index (χ2n) is 2.00. The molecule has 3 heteroatoms. The van der Waals surface area contributed by atoms with Crippen molar-refractivity contribution in [3.05, 3.63) is 0 Å². The molecule has 0 aliphatic heterocycles. The lowest BCUT2D eigenvalue weighted by atomic mass is 10.4. The van der Waals surface area contributed by atoms with Crippen molar-refractivity contribution in [1.82, 2.24) is 11.1 Å². The van der Waals surface area contributed by atoms with Crippen LogP contribution >= 0.6 is 0 Å². The van der Waals surface area contributed by atoms with Crippen LogP contribution in [0.2, 0.25) is 0 Å². The first kappa shape index (κ1) is 8.88. The van der Waals surface area contributed by atoms with Gasteiger partial charge in [-0.05, 0) is 32.5 Å². The molecule has 0 aromatic heterocycles. The van der Waals surface area contributed by atoms with E-state index in [4.69, 9.17) is 11.5 Å². The van der Waals surface area contributed by atoms with E-state index in [2.05, 4.69) is 5.32 Å². The number of nitrogens with one attached hydrogen (secondary N) is 2. The number of hydrogen-bond acceptors (Lipinski definition) is 2. The van der Waals surface area contributed by atoms with Gasteiger partial charge < -0.3 is 11.1 Å². The fourth-order valence-corrected chi connectivity index (χ4v) is 0.565. The molecule has 0 atom stereocenters. The summed E-state index contributed by atoms with van der Waals surface area (Å²) in [6.45, 7) is 3.24. The Hall–Kier alpha value is -0.120. The van der Waals surface area contributed by atoms with Crippen LogP contribution in [0.1, 0.15) is 12.8 Å². The minimum absolute atomic E-state index is 0.523. The third-order valence-electron chi connectivity index (χ3n) is 1.09. The Morgan fingerprint density at radius 1 is 1.22 bits per heavy atom. The van der Waals surface area contributed by atoms with E-state index in [1.54, 1.807) is 0 Å². The zero-order valence-corrected chi connectivity index (χ0v) is 5.82. The van der Waals surface area contributed by atoms with Crippen molar-refractivity contribution >= 4 is 0 Å². The fraction of sp³-hybridized carbons (Fsp3) is 1.00. The van der Waals surface area contributed by atoms with E-state index in [0.717, 1.165) is 32.5 Å². The van der Waals surface area contributed by atoms with Gasteiger partial charge in [-0.2, -0.15) is 0 Å². The predicted molar refractivity (Wildman–Crippen MR) is 39.1 cm³/mol. The normalized spacial score (nSPS) is 10.0. The van der Waals surface area contributed by atoms with Crippen LogP contribution in [0.5, 0.6) is 0 Å². The summed E-state index contributed by atoms with van der Waals surface area (Å²) in [6, 6.07) is 0. The highest BCUT2D eigenvalue weighted by atomic mass is 14.8. The highest BCUT2D eigenvalue weighted by Crippen LogP contribution is 1.72. The van der Waals surface area contributed by atoms with E-state index >= 15 is 0 Å². The topological polar surface area (TPSA) is 61.8 Å². The Balaban J connectivity index is 2.60. The third-order valence-corrected chi connectivity index (χ3v) is 1.09. The van der Waals surface area contributed by atoms with Gasteiger partial charge in [0.15, 0.2) is 0 Å². The average Bonchev–Trinajstić information content (AvgIpc) is 1.89. The van der Waals surface area contributed by atoms with Crippen molar-refractivity contribution in [2.75, 3.05) is 26.2 Å². The van der Waals surface area contributed by atoms with Gasteiger partial charge in [0, 0.05) is 6.54 Å². The predicted octanol–water partition coefficient (Wildman–Crippen LogP) is -0.402. The minimum atomic E-state index is 0.523. The SMILES string of the molecule is [NH]CCCNCCCN. The van der Waals surface area contributed by atoms with E-state index in [-0.39, 0.29) is 0 Å². The molecule has 0 bridgehead atoms. The van der Waals surface area contributed by atoms with Crippen LogP contribution in [0, 0.1) is 0 Å². The molecule has 0 aliphatic rings. The molecular formula is C6H16N3. The molecule has 1 radical (unpaired) electrons. The van der Waals surface area contributed by atoms with E-state index in [9.17, 15) is 0 Å². The van der Waals surface area contributed by atoms with Gasteiger partial charge in [0.25, 0.3) is 0 Å². The largest absolute Gasteiger partial charge is 0.330 e. The summed E-state index contributed by atoms with van der Waals surface area (Å²) in [5.74, 6) is 0. The maximum atomic E-state index is 6.82. The molecule has 0 aliphatic carbocycles. The van der Waals surface area contributed by atoms with Crippen LogP contribution in [0.25, 0.3) is 0 Å². The van der Waals surface area contributed by atoms with Crippen LogP contribution in [0.3, 0.4) is 0 Å². The van der Waals surface area contributed by atoms with E-state index < -0.39 is 0 Å². The molecule has 0 unspecified atom stereocenters. The molecule has 0 amide bonds. The van der Waals surface area contributed by atoms with Gasteiger partial charge in [0.05, 0.1) is 0 Å². The maximum Gasteiger partial charge on any atom is 0.0112 e. The Morgan fingerprint density at radius 2 is 1.89 bits per heavy atom. The highest BCUT2D eigenvalue weighted by molar-refractivity contribution is 4.47. The Kier molecular flexibility index (Phi) is 7.77. The smallest absolute Gasteiger partial charge is 0.0112 e. The highest BCUT2D eigenvalue weighted by Gasteiger charge is 1.83. The lowest BCUT2D eigenvalue weighted by molar-refractivity contribution is 0.628. The average molecular weight is 130 g/mol. The van der Waals surface area contributed by atoms with Crippen molar-refractivity contribution in [3.63, 3.8) is 0 Å². The number of rotatable bonds is 6. The molecule has 55 valence electrons. The minimum Gasteiger partial charge on any atom is -0.330 e. The monoisotopic (exact) mass is 130 g/mol. The Morgan fingerprint density at radius 3 is 2.44 bits per heavy atom. The molecule has 0 rings (SSSR count). The Labute approximate surface area is 56.8 Å². The molecule has 0 aromatic carbocycles. The van der Waals surface area contributed by atoms with Crippen molar-refractivity contribution in [2.24, 2.45) is 5.73 Å². The first-order valence-corrected chi connectivity index (χ1v) is 3.47. The zero-order chi connectivity index (χ0) is 6.95. The van der Waals surface area contributed by atoms with Gasteiger partial charge in [-0.15, -0.1) is 0 Å². The quantitative estimate of drug-likeness (QED) is 0.480. The first-order valence-electron chi connectivity index (χ1n) is 3.47. The standard InChI is InChI=1S/C6H16N3/c7-3-1-5-9-6-2-4-8/h7,9H,1-6,8H2.